The molecule has 0 bridgehead atoms. The smallest absolute Gasteiger partial charge is 0.274 e. The Morgan fingerprint density at radius 1 is 1.11 bits per heavy atom. The molecule has 0 amide bonds. The van der Waals surface area contributed by atoms with Crippen LogP contribution >= 0.6 is 11.6 Å². The van der Waals surface area contributed by atoms with Gasteiger partial charge in [0.2, 0.25) is 5.95 Å². The van der Waals surface area contributed by atoms with Gasteiger partial charge in [-0.3, -0.25) is 9.78 Å². The van der Waals surface area contributed by atoms with E-state index in [4.69, 9.17) is 11.6 Å². The van der Waals surface area contributed by atoms with Crippen molar-refractivity contribution in [2.45, 2.75) is 12.8 Å². The minimum atomic E-state index is -0.319. The number of hydrogen-bond donors (Lipinski definition) is 3. The lowest BCUT2D eigenvalue weighted by Gasteiger charge is -2.05. The van der Waals surface area contributed by atoms with Crippen LogP contribution in [0.4, 0.5) is 10.3 Å². The number of nitrogens with zero attached hydrogens (tertiary/aromatic N) is 2. The zero-order chi connectivity index (χ0) is 19.5. The van der Waals surface area contributed by atoms with Gasteiger partial charge in [0.15, 0.2) is 0 Å². The predicted molar refractivity (Wildman–Crippen MR) is 107 cm³/mol. The fourth-order valence-corrected chi connectivity index (χ4v) is 3.20. The number of anilines is 1. The Kier molecular flexibility index (Phi) is 5.08. The van der Waals surface area contributed by atoms with E-state index in [2.05, 4.69) is 25.5 Å². The third-order valence-electron chi connectivity index (χ3n) is 4.47. The summed E-state index contributed by atoms with van der Waals surface area (Å²) in [5.41, 5.74) is 2.90. The molecular weight excluding hydrogens is 381 g/mol. The first-order chi connectivity index (χ1) is 13.6. The maximum Gasteiger partial charge on any atom is 0.274 e. The lowest BCUT2D eigenvalue weighted by Crippen LogP contribution is -2.20. The predicted octanol–water partition coefficient (Wildman–Crippen LogP) is 3.68. The van der Waals surface area contributed by atoms with Gasteiger partial charge < -0.3 is 10.3 Å². The van der Waals surface area contributed by atoms with E-state index in [1.54, 1.807) is 12.1 Å². The number of aromatic nitrogens is 4. The largest absolute Gasteiger partial charge is 0.361 e. The summed E-state index contributed by atoms with van der Waals surface area (Å²) in [6.45, 7) is 0.571. The maximum absolute atomic E-state index is 13.0. The average molecular weight is 398 g/mol. The van der Waals surface area contributed by atoms with Crippen LogP contribution in [0.2, 0.25) is 5.02 Å². The molecule has 0 saturated heterocycles. The molecule has 0 spiro atoms. The molecule has 6 nitrogen and oxygen atoms in total. The minimum Gasteiger partial charge on any atom is -0.361 e. The minimum absolute atomic E-state index is 0.281. The number of nitrogens with one attached hydrogen (secondary N) is 3. The van der Waals surface area contributed by atoms with Gasteiger partial charge in [0.1, 0.15) is 11.5 Å². The van der Waals surface area contributed by atoms with Crippen LogP contribution in [0.1, 0.15) is 16.8 Å². The van der Waals surface area contributed by atoms with E-state index in [9.17, 15) is 9.18 Å². The first-order valence-corrected chi connectivity index (χ1v) is 9.16. The van der Waals surface area contributed by atoms with Crippen molar-refractivity contribution in [3.8, 4) is 0 Å². The summed E-state index contributed by atoms with van der Waals surface area (Å²) in [7, 11) is 0. The monoisotopic (exact) mass is 397 g/mol. The van der Waals surface area contributed by atoms with Gasteiger partial charge in [0.25, 0.3) is 5.56 Å². The highest BCUT2D eigenvalue weighted by Gasteiger charge is 2.08. The molecule has 2 heterocycles. The summed E-state index contributed by atoms with van der Waals surface area (Å²) >= 11 is 6.07. The molecule has 0 aliphatic rings. The molecule has 0 aliphatic heterocycles. The van der Waals surface area contributed by atoms with Crippen LogP contribution < -0.4 is 10.9 Å². The lowest BCUT2D eigenvalue weighted by atomic mass is 10.1. The van der Waals surface area contributed by atoms with Gasteiger partial charge in [0, 0.05) is 35.1 Å². The maximum atomic E-state index is 13.0. The number of aromatic amines is 2. The number of rotatable bonds is 6. The van der Waals surface area contributed by atoms with E-state index < -0.39 is 0 Å². The third-order valence-corrected chi connectivity index (χ3v) is 4.70. The third kappa shape index (κ3) is 4.04. The Morgan fingerprint density at radius 3 is 2.71 bits per heavy atom. The van der Waals surface area contributed by atoms with Crippen molar-refractivity contribution in [2.75, 3.05) is 11.9 Å². The number of H-pyrrole nitrogens is 2. The van der Waals surface area contributed by atoms with E-state index in [0.717, 1.165) is 28.5 Å². The van der Waals surface area contributed by atoms with Crippen molar-refractivity contribution in [1.29, 1.82) is 0 Å². The van der Waals surface area contributed by atoms with Gasteiger partial charge in [-0.05, 0) is 47.9 Å². The Balaban J connectivity index is 1.40. The molecular formula is C20H17ClFN5O. The summed E-state index contributed by atoms with van der Waals surface area (Å²) in [5, 5.41) is 12.9. The highest BCUT2D eigenvalue weighted by Crippen LogP contribution is 2.22. The average Bonchev–Trinajstić information content (AvgIpc) is 3.08. The molecule has 0 atom stereocenters. The molecule has 0 unspecified atom stereocenters. The molecule has 2 aromatic heterocycles. The van der Waals surface area contributed by atoms with E-state index >= 15 is 0 Å². The highest BCUT2D eigenvalue weighted by atomic mass is 35.5. The fraction of sp³-hybridized carbons (Fsp3) is 0.150. The number of benzene rings is 2. The zero-order valence-corrected chi connectivity index (χ0v) is 15.6. The second-order valence-electron chi connectivity index (χ2n) is 6.43. The zero-order valence-electron chi connectivity index (χ0n) is 14.8. The van der Waals surface area contributed by atoms with Gasteiger partial charge in [-0.2, -0.15) is 0 Å². The second-order valence-corrected chi connectivity index (χ2v) is 6.87. The van der Waals surface area contributed by atoms with E-state index in [0.29, 0.717) is 23.9 Å². The van der Waals surface area contributed by atoms with Crippen molar-refractivity contribution in [3.63, 3.8) is 0 Å². The molecule has 4 aromatic rings. The molecule has 0 radical (unpaired) electrons. The molecule has 0 aliphatic carbocycles. The van der Waals surface area contributed by atoms with Gasteiger partial charge in [-0.1, -0.05) is 23.7 Å². The van der Waals surface area contributed by atoms with Crippen molar-refractivity contribution in [3.05, 3.63) is 86.7 Å². The molecule has 0 saturated carbocycles. The van der Waals surface area contributed by atoms with Crippen LogP contribution in [0.15, 0.2) is 53.5 Å². The van der Waals surface area contributed by atoms with Crippen LogP contribution in [0, 0.1) is 5.82 Å². The van der Waals surface area contributed by atoms with Gasteiger partial charge in [-0.15, -0.1) is 10.2 Å². The van der Waals surface area contributed by atoms with Crippen molar-refractivity contribution >= 4 is 28.5 Å². The Morgan fingerprint density at radius 2 is 1.93 bits per heavy atom. The fourth-order valence-electron chi connectivity index (χ4n) is 3.02. The van der Waals surface area contributed by atoms with Crippen LogP contribution in [-0.4, -0.2) is 26.7 Å². The van der Waals surface area contributed by atoms with Crippen LogP contribution in [-0.2, 0) is 12.8 Å². The molecule has 4 rings (SSSR count). The Bertz CT molecular complexity index is 1170. The molecule has 8 heteroatoms. The topological polar surface area (TPSA) is 86.5 Å². The Hall–Kier alpha value is -3.19. The summed E-state index contributed by atoms with van der Waals surface area (Å²) in [5.74, 6) is -0.00788. The first-order valence-electron chi connectivity index (χ1n) is 8.78. The molecule has 142 valence electrons. The van der Waals surface area contributed by atoms with Crippen molar-refractivity contribution in [2.24, 2.45) is 0 Å². The van der Waals surface area contributed by atoms with Gasteiger partial charge in [-0.25, -0.2) is 4.39 Å². The molecule has 0 fully saturated rings. The quantitative estimate of drug-likeness (QED) is 0.463. The highest BCUT2D eigenvalue weighted by molar-refractivity contribution is 6.31. The summed E-state index contributed by atoms with van der Waals surface area (Å²) in [4.78, 5) is 18.1. The number of halogens is 2. The molecule has 3 N–H and O–H groups in total. The standard InChI is InChI=1S/C20H17ClFN5O/c21-14-3-6-17-16(10-14)13(11-24-17)7-8-23-20-25-19(28)18(26-27-20)9-12-1-4-15(22)5-2-12/h1-6,10-11,24H,7-9H2,(H2,23,25,27,28). The second kappa shape index (κ2) is 7.82. The van der Waals surface area contributed by atoms with Crippen molar-refractivity contribution in [1.82, 2.24) is 20.2 Å². The van der Waals surface area contributed by atoms with E-state index in [-0.39, 0.29) is 17.1 Å². The molecule has 2 aromatic carbocycles. The SMILES string of the molecule is O=c1[nH]c(NCCc2c[nH]c3ccc(Cl)cc23)nnc1Cc1ccc(F)cc1. The van der Waals surface area contributed by atoms with E-state index in [1.807, 2.05) is 24.4 Å². The van der Waals surface area contributed by atoms with Crippen LogP contribution in [0.5, 0.6) is 0 Å². The van der Waals surface area contributed by atoms with E-state index in [1.165, 1.54) is 12.1 Å². The normalized spacial score (nSPS) is 11.1. The summed E-state index contributed by atoms with van der Waals surface area (Å²) in [6.07, 6.45) is 2.96. The Labute approximate surface area is 164 Å². The number of hydrogen-bond acceptors (Lipinski definition) is 4. The van der Waals surface area contributed by atoms with Crippen LogP contribution in [0.25, 0.3) is 10.9 Å². The van der Waals surface area contributed by atoms with Gasteiger partial charge >= 0.3 is 0 Å². The van der Waals surface area contributed by atoms with Crippen molar-refractivity contribution < 1.29 is 4.39 Å². The number of fused-ring (bicyclic) bond motifs is 1. The summed E-state index contributed by atoms with van der Waals surface area (Å²) < 4.78 is 13.0. The van der Waals surface area contributed by atoms with Gasteiger partial charge in [0.05, 0.1) is 0 Å². The lowest BCUT2D eigenvalue weighted by molar-refractivity contribution is 0.627. The first kappa shape index (κ1) is 18.2. The summed E-state index contributed by atoms with van der Waals surface area (Å²) in [6, 6.07) is 11.7. The molecule has 28 heavy (non-hydrogen) atoms. The van der Waals surface area contributed by atoms with Crippen LogP contribution in [0.3, 0.4) is 0 Å².